The number of rotatable bonds is 1. The van der Waals surface area contributed by atoms with Crippen LogP contribution in [0.15, 0.2) is 0 Å². The van der Waals surface area contributed by atoms with E-state index < -0.39 is 0 Å². The van der Waals surface area contributed by atoms with Gasteiger partial charge in [-0.15, -0.1) is 0 Å². The van der Waals surface area contributed by atoms with Crippen LogP contribution in [0.5, 0.6) is 0 Å². The summed E-state index contributed by atoms with van der Waals surface area (Å²) in [6, 6.07) is 0.398. The largest absolute Gasteiger partial charge is 0.309 e. The molecule has 0 aliphatic carbocycles. The first-order valence-corrected chi connectivity index (χ1v) is 3.09. The summed E-state index contributed by atoms with van der Waals surface area (Å²) in [5, 5.41) is 10.5. The SMILES string of the molecule is CC(=N)C1CCCN1. The number of hydrogen-bond acceptors (Lipinski definition) is 2. The highest BCUT2D eigenvalue weighted by Gasteiger charge is 2.14. The van der Waals surface area contributed by atoms with Crippen molar-refractivity contribution in [2.24, 2.45) is 0 Å². The Morgan fingerprint density at radius 3 is 2.75 bits per heavy atom. The van der Waals surface area contributed by atoms with Crippen molar-refractivity contribution in [2.45, 2.75) is 25.8 Å². The van der Waals surface area contributed by atoms with Gasteiger partial charge < -0.3 is 10.7 Å². The van der Waals surface area contributed by atoms with E-state index >= 15 is 0 Å². The Bertz CT molecular complexity index is 92.7. The summed E-state index contributed by atoms with van der Waals surface area (Å²) in [6.45, 7) is 2.96. The number of nitrogens with one attached hydrogen (secondary N) is 2. The normalized spacial score (nSPS) is 28.4. The lowest BCUT2D eigenvalue weighted by molar-refractivity contribution is 0.755. The van der Waals surface area contributed by atoms with Gasteiger partial charge in [-0.3, -0.25) is 0 Å². The molecule has 1 saturated heterocycles. The fourth-order valence-corrected chi connectivity index (χ4v) is 1.05. The Balaban J connectivity index is 2.35. The minimum atomic E-state index is 0.398. The van der Waals surface area contributed by atoms with E-state index in [1.165, 1.54) is 6.42 Å². The predicted molar refractivity (Wildman–Crippen MR) is 34.4 cm³/mol. The van der Waals surface area contributed by atoms with Crippen LogP contribution in [0, 0.1) is 5.41 Å². The maximum atomic E-state index is 7.23. The van der Waals surface area contributed by atoms with E-state index in [9.17, 15) is 0 Å². The Kier molecular flexibility index (Phi) is 1.63. The van der Waals surface area contributed by atoms with E-state index in [0.29, 0.717) is 6.04 Å². The maximum absolute atomic E-state index is 7.23. The second kappa shape index (κ2) is 2.27. The molecule has 0 aromatic heterocycles. The first kappa shape index (κ1) is 5.76. The fraction of sp³-hybridized carbons (Fsp3) is 0.833. The monoisotopic (exact) mass is 112 g/mol. The highest BCUT2D eigenvalue weighted by atomic mass is 14.9. The van der Waals surface area contributed by atoms with Crippen molar-refractivity contribution in [1.29, 1.82) is 5.41 Å². The van der Waals surface area contributed by atoms with Gasteiger partial charge in [0.1, 0.15) is 0 Å². The van der Waals surface area contributed by atoms with Crippen LogP contribution in [-0.2, 0) is 0 Å². The van der Waals surface area contributed by atoms with Crippen LogP contribution in [0.25, 0.3) is 0 Å². The molecule has 1 unspecified atom stereocenters. The molecule has 1 aliphatic rings. The van der Waals surface area contributed by atoms with Crippen LogP contribution in [0.1, 0.15) is 19.8 Å². The molecule has 1 aliphatic heterocycles. The van der Waals surface area contributed by atoms with Crippen LogP contribution >= 0.6 is 0 Å². The van der Waals surface area contributed by atoms with Crippen LogP contribution in [-0.4, -0.2) is 18.3 Å². The third-order valence-corrected chi connectivity index (χ3v) is 1.58. The molecule has 1 heterocycles. The lowest BCUT2D eigenvalue weighted by Gasteiger charge is -2.04. The van der Waals surface area contributed by atoms with Gasteiger partial charge in [0, 0.05) is 11.8 Å². The van der Waals surface area contributed by atoms with Crippen LogP contribution in [0.2, 0.25) is 0 Å². The molecule has 0 amide bonds. The van der Waals surface area contributed by atoms with E-state index in [2.05, 4.69) is 5.32 Å². The zero-order valence-electron chi connectivity index (χ0n) is 5.20. The molecule has 0 bridgehead atoms. The van der Waals surface area contributed by atoms with Gasteiger partial charge in [-0.1, -0.05) is 0 Å². The summed E-state index contributed by atoms with van der Waals surface area (Å²) in [4.78, 5) is 0. The summed E-state index contributed by atoms with van der Waals surface area (Å²) in [5.41, 5.74) is 0.780. The van der Waals surface area contributed by atoms with Gasteiger partial charge in [0.25, 0.3) is 0 Å². The summed E-state index contributed by atoms with van der Waals surface area (Å²) < 4.78 is 0. The molecule has 0 saturated carbocycles. The van der Waals surface area contributed by atoms with Crippen molar-refractivity contribution >= 4 is 5.71 Å². The molecule has 46 valence electrons. The highest BCUT2D eigenvalue weighted by molar-refractivity contribution is 5.84. The van der Waals surface area contributed by atoms with Crippen molar-refractivity contribution in [3.63, 3.8) is 0 Å². The van der Waals surface area contributed by atoms with Crippen LogP contribution in [0.3, 0.4) is 0 Å². The molecule has 2 N–H and O–H groups in total. The van der Waals surface area contributed by atoms with E-state index in [1.54, 1.807) is 0 Å². The molecule has 1 fully saturated rings. The van der Waals surface area contributed by atoms with Crippen molar-refractivity contribution in [3.8, 4) is 0 Å². The molecular weight excluding hydrogens is 100 g/mol. The molecule has 2 heteroatoms. The summed E-state index contributed by atoms with van der Waals surface area (Å²) in [7, 11) is 0. The summed E-state index contributed by atoms with van der Waals surface area (Å²) in [6.07, 6.45) is 2.40. The van der Waals surface area contributed by atoms with Gasteiger partial charge in [0.2, 0.25) is 0 Å². The predicted octanol–water partition coefficient (Wildman–Crippen LogP) is 0.778. The fourth-order valence-electron chi connectivity index (χ4n) is 1.05. The van der Waals surface area contributed by atoms with E-state index in [4.69, 9.17) is 5.41 Å². The Hall–Kier alpha value is -0.370. The molecule has 1 atom stereocenters. The van der Waals surface area contributed by atoms with Gasteiger partial charge >= 0.3 is 0 Å². The molecule has 0 aromatic carbocycles. The first-order chi connectivity index (χ1) is 3.80. The molecule has 8 heavy (non-hydrogen) atoms. The summed E-state index contributed by atoms with van der Waals surface area (Å²) >= 11 is 0. The standard InChI is InChI=1S/C6H12N2/c1-5(7)6-3-2-4-8-6/h6-8H,2-4H2,1H3. The van der Waals surface area contributed by atoms with E-state index in [-0.39, 0.29) is 0 Å². The van der Waals surface area contributed by atoms with Crippen LogP contribution in [0.4, 0.5) is 0 Å². The third-order valence-electron chi connectivity index (χ3n) is 1.58. The smallest absolute Gasteiger partial charge is 0.0445 e. The first-order valence-electron chi connectivity index (χ1n) is 3.09. The lowest BCUT2D eigenvalue weighted by atomic mass is 10.1. The van der Waals surface area contributed by atoms with Gasteiger partial charge in [-0.05, 0) is 26.3 Å². The Labute approximate surface area is 49.8 Å². The van der Waals surface area contributed by atoms with Gasteiger partial charge in [-0.25, -0.2) is 0 Å². The van der Waals surface area contributed by atoms with E-state index in [0.717, 1.165) is 18.7 Å². The third kappa shape index (κ3) is 1.07. The maximum Gasteiger partial charge on any atom is 0.0445 e. The van der Waals surface area contributed by atoms with E-state index in [1.807, 2.05) is 6.92 Å². The van der Waals surface area contributed by atoms with Crippen LogP contribution < -0.4 is 5.32 Å². The lowest BCUT2D eigenvalue weighted by Crippen LogP contribution is -2.27. The molecule has 0 spiro atoms. The Morgan fingerprint density at radius 1 is 1.75 bits per heavy atom. The van der Waals surface area contributed by atoms with Crippen molar-refractivity contribution in [3.05, 3.63) is 0 Å². The average Bonchev–Trinajstić information content (AvgIpc) is 2.12. The number of hydrogen-bond donors (Lipinski definition) is 2. The summed E-state index contributed by atoms with van der Waals surface area (Å²) in [5.74, 6) is 0. The molecular formula is C6H12N2. The zero-order valence-corrected chi connectivity index (χ0v) is 5.20. The Morgan fingerprint density at radius 2 is 2.50 bits per heavy atom. The zero-order chi connectivity index (χ0) is 5.98. The average molecular weight is 112 g/mol. The van der Waals surface area contributed by atoms with Gasteiger partial charge in [-0.2, -0.15) is 0 Å². The minimum Gasteiger partial charge on any atom is -0.309 e. The molecule has 0 aromatic rings. The van der Waals surface area contributed by atoms with Gasteiger partial charge in [0.15, 0.2) is 0 Å². The quantitative estimate of drug-likeness (QED) is 0.483. The molecule has 0 radical (unpaired) electrons. The molecule has 2 nitrogen and oxygen atoms in total. The van der Waals surface area contributed by atoms with Crippen molar-refractivity contribution in [2.75, 3.05) is 6.54 Å². The van der Waals surface area contributed by atoms with Gasteiger partial charge in [0.05, 0.1) is 0 Å². The minimum absolute atomic E-state index is 0.398. The topological polar surface area (TPSA) is 35.9 Å². The van der Waals surface area contributed by atoms with Crippen molar-refractivity contribution < 1.29 is 0 Å². The second-order valence-corrected chi connectivity index (χ2v) is 2.33. The highest BCUT2D eigenvalue weighted by Crippen LogP contribution is 2.04. The second-order valence-electron chi connectivity index (χ2n) is 2.33. The molecule has 1 rings (SSSR count). The van der Waals surface area contributed by atoms with Crippen molar-refractivity contribution in [1.82, 2.24) is 5.32 Å².